The van der Waals surface area contributed by atoms with Crippen LogP contribution in [0, 0.1) is 13.8 Å². The third-order valence-corrected chi connectivity index (χ3v) is 7.76. The number of carbonyl (C=O) groups excluding carboxylic acids is 3. The Labute approximate surface area is 246 Å². The Balaban J connectivity index is 1.24. The summed E-state index contributed by atoms with van der Waals surface area (Å²) in [7, 11) is 0. The molecule has 5 rings (SSSR count). The van der Waals surface area contributed by atoms with E-state index in [1.54, 1.807) is 29.2 Å². The quantitative estimate of drug-likeness (QED) is 0.318. The zero-order chi connectivity index (χ0) is 29.5. The average molecular weight is 572 g/mol. The molecule has 8 nitrogen and oxygen atoms in total. The number of nitrogens with zero attached hydrogens (tertiary/aromatic N) is 1. The van der Waals surface area contributed by atoms with E-state index < -0.39 is 30.4 Å². The maximum Gasteiger partial charge on any atom is 0.338 e. The molecule has 0 spiro atoms. The first-order valence-electron chi connectivity index (χ1n) is 14.5. The molecule has 2 aliphatic rings. The highest BCUT2D eigenvalue weighted by Gasteiger charge is 2.43. The number of esters is 2. The first-order valence-corrected chi connectivity index (χ1v) is 14.5. The summed E-state index contributed by atoms with van der Waals surface area (Å²) in [6.07, 6.45) is -0.175. The van der Waals surface area contributed by atoms with Crippen molar-refractivity contribution in [1.29, 1.82) is 0 Å². The molecular weight excluding hydrogens is 534 g/mol. The summed E-state index contributed by atoms with van der Waals surface area (Å²) >= 11 is 0. The third-order valence-electron chi connectivity index (χ3n) is 7.76. The van der Waals surface area contributed by atoms with Crippen molar-refractivity contribution in [1.82, 2.24) is 4.90 Å². The normalized spacial score (nSPS) is 22.4. The number of ether oxygens (including phenoxy) is 4. The number of amides is 1. The van der Waals surface area contributed by atoms with Crippen LogP contribution in [0.3, 0.4) is 0 Å². The van der Waals surface area contributed by atoms with Crippen molar-refractivity contribution >= 4 is 17.8 Å². The van der Waals surface area contributed by atoms with Gasteiger partial charge >= 0.3 is 11.9 Å². The van der Waals surface area contributed by atoms with Crippen molar-refractivity contribution in [3.05, 3.63) is 107 Å². The van der Waals surface area contributed by atoms with Gasteiger partial charge in [0.1, 0.15) is 25.0 Å². The van der Waals surface area contributed by atoms with Crippen molar-refractivity contribution in [3.63, 3.8) is 0 Å². The predicted octanol–water partition coefficient (Wildman–Crippen LogP) is 5.40. The Morgan fingerprint density at radius 1 is 0.857 bits per heavy atom. The highest BCUT2D eigenvalue weighted by atomic mass is 16.6. The number of likely N-dealkylation sites (tertiary alicyclic amines) is 1. The molecule has 2 heterocycles. The van der Waals surface area contributed by atoms with Gasteiger partial charge in [0, 0.05) is 19.4 Å². The van der Waals surface area contributed by atoms with Crippen molar-refractivity contribution in [2.75, 3.05) is 13.2 Å². The second-order valence-corrected chi connectivity index (χ2v) is 11.0. The molecule has 2 saturated heterocycles. The number of rotatable bonds is 9. The lowest BCUT2D eigenvalue weighted by Gasteiger charge is -2.27. The highest BCUT2D eigenvalue weighted by molar-refractivity contribution is 5.90. The van der Waals surface area contributed by atoms with Crippen LogP contribution in [-0.2, 0) is 30.3 Å². The van der Waals surface area contributed by atoms with Gasteiger partial charge in [0.15, 0.2) is 0 Å². The van der Waals surface area contributed by atoms with Gasteiger partial charge in [-0.05, 0) is 56.5 Å². The molecule has 3 aromatic carbocycles. The van der Waals surface area contributed by atoms with Gasteiger partial charge < -0.3 is 23.8 Å². The topological polar surface area (TPSA) is 91.4 Å². The maximum absolute atomic E-state index is 13.2. The lowest BCUT2D eigenvalue weighted by Crippen LogP contribution is -2.40. The molecule has 0 N–H and O–H groups in total. The summed E-state index contributed by atoms with van der Waals surface area (Å²) in [5.74, 6) is -1.02. The van der Waals surface area contributed by atoms with E-state index in [9.17, 15) is 14.4 Å². The van der Waals surface area contributed by atoms with Gasteiger partial charge in [-0.1, -0.05) is 65.7 Å². The van der Waals surface area contributed by atoms with E-state index in [0.29, 0.717) is 43.5 Å². The summed E-state index contributed by atoms with van der Waals surface area (Å²) in [6, 6.07) is 24.2. The van der Waals surface area contributed by atoms with Crippen LogP contribution in [0.5, 0.6) is 0 Å². The summed E-state index contributed by atoms with van der Waals surface area (Å²) in [4.78, 5) is 40.6. The lowest BCUT2D eigenvalue weighted by molar-refractivity contribution is -0.146. The number of carbonyl (C=O) groups is 3. The summed E-state index contributed by atoms with van der Waals surface area (Å²) < 4.78 is 23.9. The molecule has 1 amide bonds. The van der Waals surface area contributed by atoms with Gasteiger partial charge in [0.05, 0.1) is 23.8 Å². The molecule has 42 heavy (non-hydrogen) atoms. The minimum absolute atomic E-state index is 0.0354. The Hall–Kier alpha value is -4.01. The molecule has 0 bridgehead atoms. The predicted molar refractivity (Wildman–Crippen MR) is 156 cm³/mol. The molecule has 0 aromatic heterocycles. The fourth-order valence-electron chi connectivity index (χ4n) is 5.23. The van der Waals surface area contributed by atoms with E-state index in [4.69, 9.17) is 18.9 Å². The lowest BCUT2D eigenvalue weighted by atomic mass is 10.1. The van der Waals surface area contributed by atoms with E-state index in [1.165, 1.54) is 0 Å². The Kier molecular flexibility index (Phi) is 9.66. The minimum Gasteiger partial charge on any atom is -0.459 e. The van der Waals surface area contributed by atoms with Crippen LogP contribution >= 0.6 is 0 Å². The van der Waals surface area contributed by atoms with Gasteiger partial charge in [0.25, 0.3) is 0 Å². The van der Waals surface area contributed by atoms with Crippen LogP contribution in [0.2, 0.25) is 0 Å². The summed E-state index contributed by atoms with van der Waals surface area (Å²) in [5.41, 5.74) is 4.00. The van der Waals surface area contributed by atoms with Crippen molar-refractivity contribution in [2.45, 2.75) is 70.7 Å². The molecule has 0 aliphatic carbocycles. The van der Waals surface area contributed by atoms with E-state index in [2.05, 4.69) is 0 Å². The van der Waals surface area contributed by atoms with E-state index >= 15 is 0 Å². The SMILES string of the molecule is Cc1ccc(C(=O)OC[C@H]2O[C@@H](N3CC[C@@H](OCc4ccccc4)CCC3=O)C[C@@H]2OC(=O)c2ccc(C)cc2)cc1. The van der Waals surface area contributed by atoms with Crippen molar-refractivity contribution < 1.29 is 33.3 Å². The fraction of sp³-hybridized carbons (Fsp3) is 0.382. The minimum atomic E-state index is -0.722. The van der Waals surface area contributed by atoms with Crippen LogP contribution in [-0.4, -0.2) is 60.4 Å². The van der Waals surface area contributed by atoms with Crippen molar-refractivity contribution in [2.24, 2.45) is 0 Å². The zero-order valence-corrected chi connectivity index (χ0v) is 24.1. The van der Waals surface area contributed by atoms with Crippen LogP contribution in [0.1, 0.15) is 63.1 Å². The average Bonchev–Trinajstić information content (AvgIpc) is 3.29. The van der Waals surface area contributed by atoms with Crippen molar-refractivity contribution in [3.8, 4) is 0 Å². The van der Waals surface area contributed by atoms with Crippen LogP contribution < -0.4 is 0 Å². The van der Waals surface area contributed by atoms with Gasteiger partial charge in [-0.3, -0.25) is 4.79 Å². The molecule has 4 atom stereocenters. The van der Waals surface area contributed by atoms with E-state index in [0.717, 1.165) is 16.7 Å². The monoisotopic (exact) mass is 571 g/mol. The molecule has 2 fully saturated rings. The Bertz CT molecular complexity index is 1360. The number of aryl methyl sites for hydroxylation is 2. The second-order valence-electron chi connectivity index (χ2n) is 11.0. The standard InChI is InChI=1S/C34H37NO7/c1-23-8-12-26(13-9-23)33(37)40-22-30-29(42-34(38)27-14-10-24(2)11-15-27)20-32(41-30)35-19-18-28(16-17-31(35)36)39-21-25-6-4-3-5-7-25/h3-15,28-30,32H,16-22H2,1-2H3/t28-,29-,30+,32+/m0/s1. The fourth-order valence-corrected chi connectivity index (χ4v) is 5.23. The first kappa shape index (κ1) is 29.5. The maximum atomic E-state index is 13.2. The molecule has 220 valence electrons. The third kappa shape index (κ3) is 7.63. The molecular formula is C34H37NO7. The Morgan fingerprint density at radius 2 is 1.50 bits per heavy atom. The number of hydrogen-bond donors (Lipinski definition) is 0. The molecule has 0 saturated carbocycles. The smallest absolute Gasteiger partial charge is 0.338 e. The number of hydrogen-bond acceptors (Lipinski definition) is 7. The van der Waals surface area contributed by atoms with Gasteiger partial charge in [0.2, 0.25) is 5.91 Å². The zero-order valence-electron chi connectivity index (χ0n) is 24.1. The van der Waals surface area contributed by atoms with Crippen LogP contribution in [0.15, 0.2) is 78.9 Å². The van der Waals surface area contributed by atoms with Gasteiger partial charge in [-0.2, -0.15) is 0 Å². The molecule has 0 unspecified atom stereocenters. The van der Waals surface area contributed by atoms with E-state index in [-0.39, 0.29) is 25.0 Å². The summed E-state index contributed by atoms with van der Waals surface area (Å²) in [6.45, 7) is 4.72. The largest absolute Gasteiger partial charge is 0.459 e. The Morgan fingerprint density at radius 3 is 2.17 bits per heavy atom. The van der Waals surface area contributed by atoms with E-state index in [1.807, 2.05) is 68.4 Å². The number of benzene rings is 3. The van der Waals surface area contributed by atoms with Gasteiger partial charge in [-0.15, -0.1) is 0 Å². The highest BCUT2D eigenvalue weighted by Crippen LogP contribution is 2.30. The summed E-state index contributed by atoms with van der Waals surface area (Å²) in [5, 5.41) is 0. The van der Waals surface area contributed by atoms with Gasteiger partial charge in [-0.25, -0.2) is 9.59 Å². The molecule has 0 radical (unpaired) electrons. The molecule has 2 aliphatic heterocycles. The first-order chi connectivity index (χ1) is 20.4. The second kappa shape index (κ2) is 13.8. The molecule has 8 heteroatoms. The molecule has 3 aromatic rings. The van der Waals surface area contributed by atoms with Crippen LogP contribution in [0.25, 0.3) is 0 Å². The van der Waals surface area contributed by atoms with Crippen LogP contribution in [0.4, 0.5) is 0 Å².